The van der Waals surface area contributed by atoms with Gasteiger partial charge in [-0.05, 0) is 50.6 Å². The Bertz CT molecular complexity index is 899. The molecule has 1 aromatic carbocycles. The van der Waals surface area contributed by atoms with E-state index < -0.39 is 54.1 Å². The molecule has 0 saturated carbocycles. The summed E-state index contributed by atoms with van der Waals surface area (Å²) in [6.45, 7) is 5.81. The fourth-order valence-corrected chi connectivity index (χ4v) is 2.67. The summed E-state index contributed by atoms with van der Waals surface area (Å²) in [5.74, 6) is -4.38. The summed E-state index contributed by atoms with van der Waals surface area (Å²) < 4.78 is 0. The number of nitrogens with one attached hydrogen (secondary N) is 1. The number of carbonyl (C=O) groups is 5. The first-order valence-corrected chi connectivity index (χ1v) is 12.9. The highest BCUT2D eigenvalue weighted by molar-refractivity contribution is 5.74. The van der Waals surface area contributed by atoms with E-state index in [1.165, 1.54) is 6.92 Å². The van der Waals surface area contributed by atoms with Crippen LogP contribution in [0.3, 0.4) is 0 Å². The van der Waals surface area contributed by atoms with Crippen molar-refractivity contribution in [3.05, 3.63) is 35.9 Å². The van der Waals surface area contributed by atoms with Crippen LogP contribution in [0.2, 0.25) is 0 Å². The maximum atomic E-state index is 10.4. The zero-order chi connectivity index (χ0) is 33.4. The van der Waals surface area contributed by atoms with Crippen molar-refractivity contribution in [2.24, 2.45) is 28.9 Å². The molecule has 15 N–H and O–H groups in total. The summed E-state index contributed by atoms with van der Waals surface area (Å²) in [6.07, 6.45) is 1.74. The van der Waals surface area contributed by atoms with Crippen molar-refractivity contribution >= 4 is 29.8 Å². The molecule has 16 nitrogen and oxygen atoms in total. The van der Waals surface area contributed by atoms with Crippen molar-refractivity contribution in [1.29, 1.82) is 0 Å². The molecule has 2 rings (SSSR count). The van der Waals surface area contributed by atoms with E-state index in [1.807, 2.05) is 44.2 Å². The van der Waals surface area contributed by atoms with Crippen molar-refractivity contribution in [1.82, 2.24) is 5.32 Å². The topological polar surface area (TPSA) is 323 Å². The SMILES string of the molecule is CC(C)C[C@H](N)C(=O)O.C[C@@H](O)[C@H](N)C(=O)O.NCC(=O)O.N[C@@H](Cc1ccccc1)C(=O)O.O=C(O)[C@@H]1CCCN1. The number of hydrogen-bond acceptors (Lipinski definition) is 11. The Kier molecular flexibility index (Phi) is 25.5. The lowest BCUT2D eigenvalue weighted by molar-refractivity contribution is -0.141. The van der Waals surface area contributed by atoms with Crippen LogP contribution >= 0.6 is 0 Å². The van der Waals surface area contributed by atoms with E-state index in [1.54, 1.807) is 0 Å². The van der Waals surface area contributed by atoms with Gasteiger partial charge < -0.3 is 58.9 Å². The third-order valence-corrected chi connectivity index (χ3v) is 5.00. The molecule has 0 aliphatic carbocycles. The van der Waals surface area contributed by atoms with Gasteiger partial charge in [-0.1, -0.05) is 44.2 Å². The van der Waals surface area contributed by atoms with Crippen molar-refractivity contribution in [2.75, 3.05) is 13.1 Å². The molecule has 0 aromatic heterocycles. The lowest BCUT2D eigenvalue weighted by Gasteiger charge is -2.07. The molecule has 1 aromatic rings. The van der Waals surface area contributed by atoms with Crippen LogP contribution in [-0.4, -0.2) is 104 Å². The minimum atomic E-state index is -1.18. The smallest absolute Gasteiger partial charge is 0.323 e. The first-order chi connectivity index (χ1) is 19.4. The van der Waals surface area contributed by atoms with Crippen LogP contribution in [0.15, 0.2) is 30.3 Å². The summed E-state index contributed by atoms with van der Waals surface area (Å²) in [5, 5.41) is 52.2. The number of carboxylic acids is 5. The third-order valence-electron chi connectivity index (χ3n) is 5.00. The van der Waals surface area contributed by atoms with Crippen LogP contribution in [-0.2, 0) is 30.4 Å². The van der Waals surface area contributed by atoms with E-state index in [0.29, 0.717) is 18.8 Å². The summed E-state index contributed by atoms with van der Waals surface area (Å²) in [5.41, 5.74) is 21.0. The quantitative estimate of drug-likeness (QED) is 0.148. The first-order valence-electron chi connectivity index (χ1n) is 12.9. The second kappa shape index (κ2) is 25.1. The molecule has 0 bridgehead atoms. The maximum Gasteiger partial charge on any atom is 0.323 e. The zero-order valence-corrected chi connectivity index (χ0v) is 24.1. The number of aliphatic carboxylic acids is 5. The molecule has 0 unspecified atom stereocenters. The molecule has 242 valence electrons. The Morgan fingerprint density at radius 2 is 1.33 bits per heavy atom. The average Bonchev–Trinajstić information content (AvgIpc) is 3.45. The molecule has 42 heavy (non-hydrogen) atoms. The van der Waals surface area contributed by atoms with E-state index >= 15 is 0 Å². The van der Waals surface area contributed by atoms with Crippen LogP contribution in [0.5, 0.6) is 0 Å². The summed E-state index contributed by atoms with van der Waals surface area (Å²) in [4.78, 5) is 49.7. The van der Waals surface area contributed by atoms with Crippen molar-refractivity contribution in [3.8, 4) is 0 Å². The molecular weight excluding hydrogens is 558 g/mol. The van der Waals surface area contributed by atoms with Crippen LogP contribution in [0, 0.1) is 5.92 Å². The highest BCUT2D eigenvalue weighted by atomic mass is 16.4. The molecule has 1 aliphatic heterocycles. The maximum absolute atomic E-state index is 10.4. The normalized spacial score (nSPS) is 16.1. The predicted molar refractivity (Wildman–Crippen MR) is 153 cm³/mol. The van der Waals surface area contributed by atoms with Crippen LogP contribution in [0.4, 0.5) is 0 Å². The molecule has 1 saturated heterocycles. The Balaban J connectivity index is -0.000000465. The summed E-state index contributed by atoms with van der Waals surface area (Å²) in [6, 6.07) is 6.43. The predicted octanol–water partition coefficient (Wildman–Crippen LogP) is -1.28. The number of benzene rings is 1. The number of aliphatic hydroxyl groups excluding tert-OH is 1. The van der Waals surface area contributed by atoms with Gasteiger partial charge in [0.2, 0.25) is 0 Å². The number of aliphatic hydroxyl groups is 1. The van der Waals surface area contributed by atoms with Gasteiger partial charge >= 0.3 is 29.8 Å². The van der Waals surface area contributed by atoms with E-state index in [2.05, 4.69) is 11.1 Å². The van der Waals surface area contributed by atoms with Gasteiger partial charge in [-0.25, -0.2) is 0 Å². The fraction of sp³-hybridized carbons (Fsp3) is 0.577. The largest absolute Gasteiger partial charge is 0.480 e. The van der Waals surface area contributed by atoms with Gasteiger partial charge in [-0.15, -0.1) is 0 Å². The Hall–Kier alpha value is -3.67. The van der Waals surface area contributed by atoms with E-state index in [9.17, 15) is 24.0 Å². The monoisotopic (exact) mass is 605 g/mol. The standard InChI is InChI=1S/C9H11NO2.C6H13NO2.C5H9NO2.C4H9NO3.C2H5NO2/c10-8(9(11)12)6-7-4-2-1-3-5-7;1-4(2)3-5(7)6(8)9;7-5(8)4-2-1-3-6-4;1-2(6)3(5)4(7)8;3-1-2(4)5/h1-5,8H,6,10H2,(H,11,12);4-5H,3,7H2,1-2H3,(H,8,9);4,6H,1-3H2,(H,7,8);2-3,6H,5H2,1H3,(H,7,8);1,3H2,(H,4,5)/t8-;5-;4-;2-,3+;/m0001./s1. The van der Waals surface area contributed by atoms with Gasteiger partial charge in [0.05, 0.1) is 12.6 Å². The minimum absolute atomic E-state index is 0.269. The molecule has 0 radical (unpaired) electrons. The molecule has 1 aliphatic rings. The second-order valence-corrected chi connectivity index (χ2v) is 9.40. The number of nitrogens with two attached hydrogens (primary N) is 4. The van der Waals surface area contributed by atoms with Crippen molar-refractivity contribution in [3.63, 3.8) is 0 Å². The minimum Gasteiger partial charge on any atom is -0.480 e. The molecule has 0 amide bonds. The summed E-state index contributed by atoms with van der Waals surface area (Å²) in [7, 11) is 0. The number of hydrogen-bond donors (Lipinski definition) is 11. The summed E-state index contributed by atoms with van der Waals surface area (Å²) >= 11 is 0. The molecule has 5 atom stereocenters. The average molecular weight is 606 g/mol. The van der Waals surface area contributed by atoms with E-state index in [-0.39, 0.29) is 12.6 Å². The van der Waals surface area contributed by atoms with Crippen molar-refractivity contribution in [2.45, 2.75) is 76.7 Å². The van der Waals surface area contributed by atoms with Gasteiger partial charge in [0.1, 0.15) is 24.2 Å². The van der Waals surface area contributed by atoms with E-state index in [0.717, 1.165) is 24.9 Å². The number of rotatable bonds is 10. The van der Waals surface area contributed by atoms with Gasteiger partial charge in [-0.2, -0.15) is 0 Å². The third kappa shape index (κ3) is 26.5. The van der Waals surface area contributed by atoms with Gasteiger partial charge in [0.25, 0.3) is 0 Å². The molecule has 0 spiro atoms. The second-order valence-electron chi connectivity index (χ2n) is 9.40. The van der Waals surface area contributed by atoms with Gasteiger partial charge in [-0.3, -0.25) is 24.0 Å². The van der Waals surface area contributed by atoms with Gasteiger partial charge in [0, 0.05) is 0 Å². The lowest BCUT2D eigenvalue weighted by atomic mass is 10.1. The van der Waals surface area contributed by atoms with Crippen LogP contribution < -0.4 is 28.3 Å². The highest BCUT2D eigenvalue weighted by Crippen LogP contribution is 2.04. The highest BCUT2D eigenvalue weighted by Gasteiger charge is 2.20. The molecule has 1 fully saturated rings. The Labute approximate surface area is 244 Å². The lowest BCUT2D eigenvalue weighted by Crippen LogP contribution is -2.39. The first kappa shape index (κ1) is 42.8. The molecular formula is C26H47N5O11. The van der Waals surface area contributed by atoms with Crippen molar-refractivity contribution < 1.29 is 54.6 Å². The Morgan fingerprint density at radius 3 is 1.55 bits per heavy atom. The zero-order valence-electron chi connectivity index (χ0n) is 24.1. The van der Waals surface area contributed by atoms with E-state index in [4.69, 9.17) is 47.8 Å². The van der Waals surface area contributed by atoms with Gasteiger partial charge in [0.15, 0.2) is 0 Å². The number of carboxylic acid groups (broad SMARTS) is 5. The van der Waals surface area contributed by atoms with Crippen LogP contribution in [0.25, 0.3) is 0 Å². The van der Waals surface area contributed by atoms with Crippen LogP contribution in [0.1, 0.15) is 45.6 Å². The molecule has 16 heteroatoms. The molecule has 1 heterocycles. The fourth-order valence-electron chi connectivity index (χ4n) is 2.67. The Morgan fingerprint density at radius 1 is 0.857 bits per heavy atom.